The number of aliphatic imine (C=N–C) groups is 1. The topological polar surface area (TPSA) is 58.6 Å². The van der Waals surface area contributed by atoms with Crippen molar-refractivity contribution in [1.82, 2.24) is 20.0 Å². The number of rotatable bonds is 4. The number of alkyl halides is 3. The van der Waals surface area contributed by atoms with Crippen LogP contribution in [0.5, 0.6) is 0 Å². The Kier molecular flexibility index (Phi) is 7.11. The Balaban J connectivity index is 0.00000288. The molecule has 0 radical (unpaired) electrons. The average molecular weight is 457 g/mol. The molecule has 0 bridgehead atoms. The Labute approximate surface area is 154 Å². The van der Waals surface area contributed by atoms with E-state index < -0.39 is 11.9 Å². The van der Waals surface area contributed by atoms with Gasteiger partial charge in [0.15, 0.2) is 11.7 Å². The summed E-state index contributed by atoms with van der Waals surface area (Å²) in [7, 11) is 4.79. The van der Waals surface area contributed by atoms with E-state index in [1.54, 1.807) is 31.3 Å². The molecule has 24 heavy (non-hydrogen) atoms. The van der Waals surface area contributed by atoms with E-state index in [9.17, 15) is 13.2 Å². The van der Waals surface area contributed by atoms with Crippen LogP contribution in [0.2, 0.25) is 0 Å². The smallest absolute Gasteiger partial charge is 0.435 e. The molecule has 2 aromatic heterocycles. The third-order valence-corrected chi connectivity index (χ3v) is 3.16. The van der Waals surface area contributed by atoms with E-state index >= 15 is 0 Å². The predicted molar refractivity (Wildman–Crippen MR) is 94.0 cm³/mol. The Bertz CT molecular complexity index is 667. The van der Waals surface area contributed by atoms with E-state index in [0.29, 0.717) is 12.5 Å². The molecule has 0 unspecified atom stereocenters. The van der Waals surface area contributed by atoms with Gasteiger partial charge in [0.2, 0.25) is 0 Å². The highest BCUT2D eigenvalue weighted by molar-refractivity contribution is 14.0. The summed E-state index contributed by atoms with van der Waals surface area (Å²) in [4.78, 5) is 5.82. The molecule has 0 atom stereocenters. The summed E-state index contributed by atoms with van der Waals surface area (Å²) in [6.45, 7) is 0.420. The first kappa shape index (κ1) is 20.3. The molecule has 0 spiro atoms. The lowest BCUT2D eigenvalue weighted by Gasteiger charge is -2.21. The van der Waals surface area contributed by atoms with Crippen LogP contribution in [-0.2, 0) is 26.3 Å². The van der Waals surface area contributed by atoms with Crippen molar-refractivity contribution in [1.29, 1.82) is 0 Å². The van der Waals surface area contributed by atoms with Crippen molar-refractivity contribution in [2.45, 2.75) is 19.3 Å². The fourth-order valence-electron chi connectivity index (χ4n) is 2.18. The van der Waals surface area contributed by atoms with Crippen molar-refractivity contribution in [3.05, 3.63) is 41.6 Å². The van der Waals surface area contributed by atoms with Crippen LogP contribution in [-0.4, -0.2) is 34.7 Å². The van der Waals surface area contributed by atoms with Crippen LogP contribution >= 0.6 is 24.0 Å². The van der Waals surface area contributed by atoms with Gasteiger partial charge in [0.25, 0.3) is 0 Å². The molecule has 134 valence electrons. The highest BCUT2D eigenvalue weighted by Gasteiger charge is 2.36. The van der Waals surface area contributed by atoms with Crippen molar-refractivity contribution in [3.8, 4) is 0 Å². The number of aromatic nitrogens is 2. The summed E-state index contributed by atoms with van der Waals surface area (Å²) >= 11 is 0. The molecule has 0 aliphatic carbocycles. The van der Waals surface area contributed by atoms with Crippen LogP contribution in [0.15, 0.2) is 34.0 Å². The molecule has 10 heteroatoms. The van der Waals surface area contributed by atoms with Gasteiger partial charge in [-0.15, -0.1) is 24.0 Å². The monoisotopic (exact) mass is 457 g/mol. The van der Waals surface area contributed by atoms with Gasteiger partial charge in [0, 0.05) is 39.4 Å². The van der Waals surface area contributed by atoms with Crippen LogP contribution in [0.1, 0.15) is 17.0 Å². The van der Waals surface area contributed by atoms with E-state index in [-0.39, 0.29) is 36.1 Å². The lowest BCUT2D eigenvalue weighted by Crippen LogP contribution is -2.38. The zero-order valence-electron chi connectivity index (χ0n) is 13.5. The number of furan rings is 1. The zero-order chi connectivity index (χ0) is 17.0. The Morgan fingerprint density at radius 3 is 2.71 bits per heavy atom. The van der Waals surface area contributed by atoms with E-state index in [0.717, 1.165) is 10.4 Å². The summed E-state index contributed by atoms with van der Waals surface area (Å²) in [5.41, 5.74) is -0.829. The predicted octanol–water partition coefficient (Wildman–Crippen LogP) is 2.86. The van der Waals surface area contributed by atoms with Crippen molar-refractivity contribution in [2.75, 3.05) is 14.1 Å². The third-order valence-electron chi connectivity index (χ3n) is 3.16. The molecular weight excluding hydrogens is 438 g/mol. The summed E-state index contributed by atoms with van der Waals surface area (Å²) in [5, 5.41) is 6.38. The number of nitrogens with zero attached hydrogens (tertiary/aromatic N) is 4. The second-order valence-corrected chi connectivity index (χ2v) is 5.01. The minimum Gasteiger partial charge on any atom is -0.467 e. The molecule has 0 saturated heterocycles. The SMILES string of the molecule is CN=C(NCc1cn(C)nc1C(F)(F)F)N(C)Cc1ccco1.I. The molecule has 0 aromatic carbocycles. The van der Waals surface area contributed by atoms with E-state index in [2.05, 4.69) is 15.4 Å². The van der Waals surface area contributed by atoms with E-state index in [4.69, 9.17) is 4.42 Å². The molecule has 2 heterocycles. The zero-order valence-corrected chi connectivity index (χ0v) is 15.8. The molecule has 2 rings (SSSR count). The maximum Gasteiger partial charge on any atom is 0.435 e. The van der Waals surface area contributed by atoms with Crippen LogP contribution < -0.4 is 5.32 Å². The van der Waals surface area contributed by atoms with Gasteiger partial charge in [0.1, 0.15) is 5.76 Å². The Morgan fingerprint density at radius 1 is 1.46 bits per heavy atom. The molecule has 6 nitrogen and oxygen atoms in total. The quantitative estimate of drug-likeness (QED) is 0.436. The first-order valence-electron chi connectivity index (χ1n) is 6.85. The first-order valence-corrected chi connectivity index (χ1v) is 6.85. The van der Waals surface area contributed by atoms with Crippen LogP contribution in [0.3, 0.4) is 0 Å². The van der Waals surface area contributed by atoms with Crippen molar-refractivity contribution in [2.24, 2.45) is 12.0 Å². The summed E-state index contributed by atoms with van der Waals surface area (Å²) in [6.07, 6.45) is -1.58. The Morgan fingerprint density at radius 2 is 2.17 bits per heavy atom. The number of hydrogen-bond donors (Lipinski definition) is 1. The molecule has 0 aliphatic rings. The maximum absolute atomic E-state index is 12.9. The summed E-state index contributed by atoms with van der Waals surface area (Å²) in [5.74, 6) is 1.19. The minimum absolute atomic E-state index is 0. The van der Waals surface area contributed by atoms with E-state index in [1.165, 1.54) is 13.2 Å². The molecule has 2 aromatic rings. The van der Waals surface area contributed by atoms with Crippen LogP contribution in [0, 0.1) is 0 Å². The third kappa shape index (κ3) is 5.14. The van der Waals surface area contributed by atoms with Gasteiger partial charge in [-0.2, -0.15) is 18.3 Å². The molecule has 1 N–H and O–H groups in total. The summed E-state index contributed by atoms with van der Waals surface area (Å²) in [6, 6.07) is 3.58. The van der Waals surface area contributed by atoms with E-state index in [1.807, 2.05) is 6.07 Å². The normalized spacial score (nSPS) is 12.0. The second-order valence-electron chi connectivity index (χ2n) is 5.01. The lowest BCUT2D eigenvalue weighted by atomic mass is 10.2. The number of guanidine groups is 1. The van der Waals surface area contributed by atoms with Crippen molar-refractivity contribution in [3.63, 3.8) is 0 Å². The van der Waals surface area contributed by atoms with Gasteiger partial charge >= 0.3 is 6.18 Å². The number of nitrogens with one attached hydrogen (secondary N) is 1. The number of hydrogen-bond acceptors (Lipinski definition) is 3. The average Bonchev–Trinajstić information content (AvgIpc) is 3.08. The fourth-order valence-corrected chi connectivity index (χ4v) is 2.18. The van der Waals surface area contributed by atoms with Crippen molar-refractivity contribution < 1.29 is 17.6 Å². The highest BCUT2D eigenvalue weighted by atomic mass is 127. The van der Waals surface area contributed by atoms with Gasteiger partial charge in [-0.25, -0.2) is 0 Å². The lowest BCUT2D eigenvalue weighted by molar-refractivity contribution is -0.142. The van der Waals surface area contributed by atoms with Gasteiger partial charge in [-0.3, -0.25) is 9.67 Å². The molecular formula is C14H19F3IN5O. The minimum atomic E-state index is -4.48. The molecule has 0 amide bonds. The van der Waals surface area contributed by atoms with Gasteiger partial charge in [-0.1, -0.05) is 0 Å². The van der Waals surface area contributed by atoms with Crippen molar-refractivity contribution >= 4 is 29.9 Å². The highest BCUT2D eigenvalue weighted by Crippen LogP contribution is 2.30. The number of aryl methyl sites for hydroxylation is 1. The fraction of sp³-hybridized carbons (Fsp3) is 0.429. The van der Waals surface area contributed by atoms with Gasteiger partial charge in [-0.05, 0) is 12.1 Å². The summed E-state index contributed by atoms with van der Waals surface area (Å²) < 4.78 is 45.2. The standard InChI is InChI=1S/C14H18F3N5O.HI/c1-18-13(21(2)9-11-5-4-6-23-11)19-7-10-8-22(3)20-12(10)14(15,16)17;/h4-6,8H,7,9H2,1-3H3,(H,18,19);1H. The largest absolute Gasteiger partial charge is 0.467 e. The van der Waals surface area contributed by atoms with Crippen LogP contribution in [0.4, 0.5) is 13.2 Å². The molecule has 0 fully saturated rings. The second kappa shape index (κ2) is 8.40. The molecule has 0 aliphatic heterocycles. The van der Waals surface area contributed by atoms with Gasteiger partial charge in [0.05, 0.1) is 12.8 Å². The van der Waals surface area contributed by atoms with Crippen LogP contribution in [0.25, 0.3) is 0 Å². The number of halogens is 4. The van der Waals surface area contributed by atoms with Gasteiger partial charge < -0.3 is 14.6 Å². The Hall–Kier alpha value is -1.72. The first-order chi connectivity index (χ1) is 10.8. The molecule has 0 saturated carbocycles. The maximum atomic E-state index is 12.9.